The number of hydrogen-bond acceptors (Lipinski definition) is 2. The highest BCUT2D eigenvalue weighted by atomic mass is 19.4. The van der Waals surface area contributed by atoms with Gasteiger partial charge < -0.3 is 16.4 Å². The van der Waals surface area contributed by atoms with Crippen LogP contribution < -0.4 is 16.4 Å². The highest BCUT2D eigenvalue weighted by molar-refractivity contribution is 5.76. The predicted molar refractivity (Wildman–Crippen MR) is 41.3 cm³/mol. The Kier molecular flexibility index (Phi) is 4.74. The highest BCUT2D eigenvalue weighted by Gasteiger charge is 2.27. The molecule has 0 unspecified atom stereocenters. The summed E-state index contributed by atoms with van der Waals surface area (Å²) in [6.45, 7) is -1.49. The number of urea groups is 1. The monoisotopic (exact) mass is 213 g/mol. The zero-order valence-electron chi connectivity index (χ0n) is 7.15. The smallest absolute Gasteiger partial charge is 0.370 e. The summed E-state index contributed by atoms with van der Waals surface area (Å²) >= 11 is 0. The maximum absolute atomic E-state index is 11.5. The van der Waals surface area contributed by atoms with Gasteiger partial charge in [0.05, 0.1) is 0 Å². The number of halogens is 3. The molecule has 0 aliphatic rings. The van der Waals surface area contributed by atoms with Gasteiger partial charge in [0.25, 0.3) is 0 Å². The number of amides is 3. The molecule has 0 bridgehead atoms. The van der Waals surface area contributed by atoms with Crippen molar-refractivity contribution in [1.29, 1.82) is 0 Å². The number of alkyl halides is 3. The zero-order valence-corrected chi connectivity index (χ0v) is 7.15. The number of nitrogens with two attached hydrogens (primary N) is 1. The lowest BCUT2D eigenvalue weighted by Crippen LogP contribution is -2.41. The van der Waals surface area contributed by atoms with Crippen molar-refractivity contribution in [3.63, 3.8) is 0 Å². The minimum atomic E-state index is -4.44. The van der Waals surface area contributed by atoms with E-state index < -0.39 is 24.7 Å². The fourth-order valence-electron chi connectivity index (χ4n) is 0.542. The molecular formula is C6H10F3N3O2. The Labute approximate surface area is 77.8 Å². The molecule has 0 rings (SSSR count). The fraction of sp³-hybridized carbons (Fsp3) is 0.667. The molecule has 5 nitrogen and oxygen atoms in total. The standard InChI is InChI=1S/C6H10F3N3O2/c7-6(8,9)3-12-5(14)11-2-1-4(10)13/h1-3H2,(H2,10,13)(H2,11,12,14). The van der Waals surface area contributed by atoms with Crippen LogP contribution in [0.2, 0.25) is 0 Å². The van der Waals surface area contributed by atoms with Crippen molar-refractivity contribution in [1.82, 2.24) is 10.6 Å². The van der Waals surface area contributed by atoms with E-state index in [1.165, 1.54) is 0 Å². The van der Waals surface area contributed by atoms with Gasteiger partial charge in [-0.1, -0.05) is 0 Å². The van der Waals surface area contributed by atoms with E-state index in [1.807, 2.05) is 5.32 Å². The second-order valence-electron chi connectivity index (χ2n) is 2.44. The molecule has 8 heteroatoms. The van der Waals surface area contributed by atoms with E-state index in [0.717, 1.165) is 0 Å². The molecule has 4 N–H and O–H groups in total. The first kappa shape index (κ1) is 12.5. The zero-order chi connectivity index (χ0) is 11.2. The number of rotatable bonds is 4. The Morgan fingerprint density at radius 3 is 2.21 bits per heavy atom. The average molecular weight is 213 g/mol. The molecule has 3 amide bonds. The molecule has 0 fully saturated rings. The molecule has 0 aromatic heterocycles. The van der Waals surface area contributed by atoms with Crippen molar-refractivity contribution in [2.75, 3.05) is 13.1 Å². The molecule has 0 atom stereocenters. The van der Waals surface area contributed by atoms with Gasteiger partial charge in [-0.25, -0.2) is 4.79 Å². The first-order chi connectivity index (χ1) is 6.31. The van der Waals surface area contributed by atoms with Crippen molar-refractivity contribution in [3.8, 4) is 0 Å². The minimum absolute atomic E-state index is 0.0843. The Morgan fingerprint density at radius 1 is 1.21 bits per heavy atom. The van der Waals surface area contributed by atoms with Crippen molar-refractivity contribution in [2.24, 2.45) is 5.73 Å². The number of nitrogens with one attached hydrogen (secondary N) is 2. The van der Waals surface area contributed by atoms with Crippen molar-refractivity contribution in [3.05, 3.63) is 0 Å². The van der Waals surface area contributed by atoms with Crippen LogP contribution >= 0.6 is 0 Å². The molecule has 0 heterocycles. The third-order valence-electron chi connectivity index (χ3n) is 1.11. The Balaban J connectivity index is 3.52. The first-order valence-electron chi connectivity index (χ1n) is 3.68. The molecule has 0 saturated heterocycles. The van der Waals surface area contributed by atoms with Gasteiger partial charge in [-0.2, -0.15) is 13.2 Å². The van der Waals surface area contributed by atoms with Gasteiger partial charge in [0.2, 0.25) is 5.91 Å². The van der Waals surface area contributed by atoms with Crippen LogP contribution in [0.5, 0.6) is 0 Å². The largest absolute Gasteiger partial charge is 0.405 e. The van der Waals surface area contributed by atoms with Crippen LogP contribution in [0.1, 0.15) is 6.42 Å². The number of primary amides is 1. The molecule has 82 valence electrons. The van der Waals surface area contributed by atoms with Crippen molar-refractivity contribution < 1.29 is 22.8 Å². The lowest BCUT2D eigenvalue weighted by atomic mass is 10.4. The minimum Gasteiger partial charge on any atom is -0.370 e. The molecule has 0 aromatic carbocycles. The van der Waals surface area contributed by atoms with E-state index in [9.17, 15) is 22.8 Å². The Hall–Kier alpha value is -1.47. The predicted octanol–water partition coefficient (Wildman–Crippen LogP) is -0.277. The Morgan fingerprint density at radius 2 is 1.79 bits per heavy atom. The summed E-state index contributed by atoms with van der Waals surface area (Å²) in [5.41, 5.74) is 4.73. The first-order valence-corrected chi connectivity index (χ1v) is 3.68. The van der Waals surface area contributed by atoms with E-state index in [-0.39, 0.29) is 13.0 Å². The number of carbonyl (C=O) groups excluding carboxylic acids is 2. The van der Waals surface area contributed by atoms with E-state index in [0.29, 0.717) is 0 Å². The van der Waals surface area contributed by atoms with E-state index in [4.69, 9.17) is 5.73 Å². The van der Waals surface area contributed by atoms with Gasteiger partial charge in [0.15, 0.2) is 0 Å². The van der Waals surface area contributed by atoms with E-state index in [2.05, 4.69) is 0 Å². The number of hydrogen-bond donors (Lipinski definition) is 3. The Bertz CT molecular complexity index is 217. The molecular weight excluding hydrogens is 203 g/mol. The van der Waals surface area contributed by atoms with Crippen LogP contribution in [0.3, 0.4) is 0 Å². The van der Waals surface area contributed by atoms with Gasteiger partial charge in [-0.05, 0) is 0 Å². The average Bonchev–Trinajstić information content (AvgIpc) is 1.99. The molecule has 0 saturated carbocycles. The second-order valence-corrected chi connectivity index (χ2v) is 2.44. The maximum atomic E-state index is 11.5. The lowest BCUT2D eigenvalue weighted by molar-refractivity contribution is -0.123. The third-order valence-corrected chi connectivity index (χ3v) is 1.11. The lowest BCUT2D eigenvalue weighted by Gasteiger charge is -2.08. The molecule has 14 heavy (non-hydrogen) atoms. The summed E-state index contributed by atoms with van der Waals surface area (Å²) in [5, 5.41) is 3.60. The van der Waals surface area contributed by atoms with Crippen LogP contribution in [0.15, 0.2) is 0 Å². The maximum Gasteiger partial charge on any atom is 0.405 e. The van der Waals surface area contributed by atoms with Crippen LogP contribution in [-0.2, 0) is 4.79 Å². The summed E-state index contributed by atoms with van der Waals surface area (Å²) < 4.78 is 34.6. The third kappa shape index (κ3) is 8.62. The fourth-order valence-corrected chi connectivity index (χ4v) is 0.542. The molecule has 0 spiro atoms. The van der Waals surface area contributed by atoms with Crippen LogP contribution in [-0.4, -0.2) is 31.2 Å². The van der Waals surface area contributed by atoms with Crippen LogP contribution in [0.4, 0.5) is 18.0 Å². The summed E-state index contributed by atoms with van der Waals surface area (Å²) in [6.07, 6.45) is -4.56. The topological polar surface area (TPSA) is 84.2 Å². The van der Waals surface area contributed by atoms with Crippen molar-refractivity contribution in [2.45, 2.75) is 12.6 Å². The van der Waals surface area contributed by atoms with Gasteiger partial charge in [0.1, 0.15) is 6.54 Å². The molecule has 0 aliphatic carbocycles. The van der Waals surface area contributed by atoms with Gasteiger partial charge >= 0.3 is 12.2 Å². The molecule has 0 aliphatic heterocycles. The van der Waals surface area contributed by atoms with E-state index >= 15 is 0 Å². The summed E-state index contributed by atoms with van der Waals surface area (Å²) in [7, 11) is 0. The van der Waals surface area contributed by atoms with Gasteiger partial charge in [-0.15, -0.1) is 0 Å². The molecule has 0 aromatic rings. The second kappa shape index (κ2) is 5.30. The quantitative estimate of drug-likeness (QED) is 0.600. The number of carbonyl (C=O) groups is 2. The van der Waals surface area contributed by atoms with Gasteiger partial charge in [0, 0.05) is 13.0 Å². The van der Waals surface area contributed by atoms with Crippen LogP contribution in [0.25, 0.3) is 0 Å². The normalized spacial score (nSPS) is 10.8. The summed E-state index contributed by atoms with van der Waals surface area (Å²) in [4.78, 5) is 20.8. The SMILES string of the molecule is NC(=O)CCNC(=O)NCC(F)(F)F. The molecule has 0 radical (unpaired) electrons. The van der Waals surface area contributed by atoms with Gasteiger partial charge in [-0.3, -0.25) is 4.79 Å². The van der Waals surface area contributed by atoms with Crippen LogP contribution in [0, 0.1) is 0 Å². The summed E-state index contributed by atoms with van der Waals surface area (Å²) in [6, 6.07) is -0.983. The van der Waals surface area contributed by atoms with Crippen molar-refractivity contribution >= 4 is 11.9 Å². The summed E-state index contributed by atoms with van der Waals surface area (Å²) in [5.74, 6) is -0.638. The van der Waals surface area contributed by atoms with E-state index in [1.54, 1.807) is 5.32 Å². The highest BCUT2D eigenvalue weighted by Crippen LogP contribution is 2.11.